The van der Waals surface area contributed by atoms with Gasteiger partial charge >= 0.3 is 0 Å². The molecule has 0 aliphatic carbocycles. The first-order chi connectivity index (χ1) is 30.7. The van der Waals surface area contributed by atoms with Crippen molar-refractivity contribution in [2.75, 3.05) is 6.61 Å². The van der Waals surface area contributed by atoms with Crippen LogP contribution < -0.4 is 5.32 Å². The van der Waals surface area contributed by atoms with Gasteiger partial charge in [0.1, 0.15) is 0 Å². The van der Waals surface area contributed by atoms with E-state index < -0.39 is 12.1 Å². The summed E-state index contributed by atoms with van der Waals surface area (Å²) in [6.07, 6.45) is 76.3. The van der Waals surface area contributed by atoms with Crippen LogP contribution in [0.1, 0.15) is 271 Å². The number of hydrogen-bond acceptors (Lipinski definition) is 3. The predicted molar refractivity (Wildman–Crippen MR) is 276 cm³/mol. The SMILES string of the molecule is CC/C=C\C/C=C\C/C=C\C/C=C\C/C=C\CCCCCCCCCCCCCCCCCCCCCCCC(=O)NC(CO)C(O)/C=C/CCCCCCCCCCCCC. The number of unbranched alkanes of at least 4 members (excludes halogenated alkanes) is 32. The lowest BCUT2D eigenvalue weighted by molar-refractivity contribution is -0.123. The van der Waals surface area contributed by atoms with Crippen LogP contribution in [-0.4, -0.2) is 34.9 Å². The first-order valence-electron chi connectivity index (χ1n) is 27.2. The van der Waals surface area contributed by atoms with Gasteiger partial charge in [0, 0.05) is 6.42 Å². The van der Waals surface area contributed by atoms with Crippen molar-refractivity contribution in [1.29, 1.82) is 0 Å². The minimum absolute atomic E-state index is 0.0626. The summed E-state index contributed by atoms with van der Waals surface area (Å²) in [6.45, 7) is 4.20. The fourth-order valence-electron chi connectivity index (χ4n) is 8.09. The standard InChI is InChI=1S/C58H105NO3/c1-3-5-7-9-11-13-15-17-18-19-20-21-22-23-24-25-26-27-28-29-30-31-32-33-34-35-36-37-38-39-40-42-44-46-48-50-52-54-58(62)59-56(55-60)57(61)53-51-49-47-45-43-41-16-14-12-10-8-6-4-2/h5,7,11,13,17-18,20-21,23-24,51,53,56-57,60-61H,3-4,6,8-10,12,14-16,19,22,25-50,52,54-55H2,1-2H3,(H,59,62)/b7-5-,13-11-,18-17-,21-20-,24-23-,53-51+. The zero-order valence-corrected chi connectivity index (χ0v) is 41.4. The highest BCUT2D eigenvalue weighted by molar-refractivity contribution is 5.76. The summed E-state index contributed by atoms with van der Waals surface area (Å²) >= 11 is 0. The molecule has 0 rings (SSSR count). The number of allylic oxidation sites excluding steroid dienone is 11. The van der Waals surface area contributed by atoms with Gasteiger partial charge in [-0.3, -0.25) is 4.79 Å². The Morgan fingerprint density at radius 1 is 0.403 bits per heavy atom. The van der Waals surface area contributed by atoms with E-state index in [0.717, 1.165) is 57.8 Å². The van der Waals surface area contributed by atoms with Crippen LogP contribution in [0, 0.1) is 0 Å². The van der Waals surface area contributed by atoms with Gasteiger partial charge in [-0.15, -0.1) is 0 Å². The number of nitrogens with one attached hydrogen (secondary N) is 1. The van der Waals surface area contributed by atoms with Gasteiger partial charge in [-0.05, 0) is 64.2 Å². The Hall–Kier alpha value is -2.17. The highest BCUT2D eigenvalue weighted by Gasteiger charge is 2.18. The molecule has 2 atom stereocenters. The van der Waals surface area contributed by atoms with Crippen molar-refractivity contribution in [3.8, 4) is 0 Å². The Balaban J connectivity index is 3.44. The Kier molecular flexibility index (Phi) is 51.3. The molecule has 62 heavy (non-hydrogen) atoms. The molecule has 0 aliphatic heterocycles. The Morgan fingerprint density at radius 2 is 0.710 bits per heavy atom. The zero-order chi connectivity index (χ0) is 44.9. The van der Waals surface area contributed by atoms with E-state index in [2.05, 4.69) is 79.9 Å². The third kappa shape index (κ3) is 48.9. The van der Waals surface area contributed by atoms with E-state index in [0.29, 0.717) is 6.42 Å². The highest BCUT2D eigenvalue weighted by Crippen LogP contribution is 2.16. The van der Waals surface area contributed by atoms with Gasteiger partial charge in [0.25, 0.3) is 0 Å². The third-order valence-electron chi connectivity index (χ3n) is 12.2. The van der Waals surface area contributed by atoms with Crippen LogP contribution in [0.2, 0.25) is 0 Å². The quantitative estimate of drug-likeness (QED) is 0.0421. The lowest BCUT2D eigenvalue weighted by Crippen LogP contribution is -2.45. The van der Waals surface area contributed by atoms with E-state index in [4.69, 9.17) is 0 Å². The number of aliphatic hydroxyl groups is 2. The van der Waals surface area contributed by atoms with E-state index >= 15 is 0 Å². The molecule has 0 heterocycles. The van der Waals surface area contributed by atoms with Crippen LogP contribution in [0.4, 0.5) is 0 Å². The molecule has 0 aromatic heterocycles. The van der Waals surface area contributed by atoms with Crippen molar-refractivity contribution < 1.29 is 15.0 Å². The summed E-state index contributed by atoms with van der Waals surface area (Å²) in [6, 6.07) is -0.621. The summed E-state index contributed by atoms with van der Waals surface area (Å²) in [5.41, 5.74) is 0. The number of amides is 1. The van der Waals surface area contributed by atoms with Crippen LogP contribution in [0.5, 0.6) is 0 Å². The number of carbonyl (C=O) groups is 1. The molecule has 0 saturated carbocycles. The van der Waals surface area contributed by atoms with Crippen LogP contribution in [0.15, 0.2) is 72.9 Å². The Labute approximate surface area is 387 Å². The monoisotopic (exact) mass is 864 g/mol. The van der Waals surface area contributed by atoms with Gasteiger partial charge < -0.3 is 15.5 Å². The fraction of sp³-hybridized carbons (Fsp3) is 0.776. The minimum Gasteiger partial charge on any atom is -0.394 e. The molecule has 1 amide bonds. The fourth-order valence-corrected chi connectivity index (χ4v) is 8.09. The zero-order valence-electron chi connectivity index (χ0n) is 41.4. The summed E-state index contributed by atoms with van der Waals surface area (Å²) in [5.74, 6) is -0.0626. The molecule has 0 aromatic rings. The average Bonchev–Trinajstić information content (AvgIpc) is 3.28. The number of rotatable bonds is 49. The summed E-state index contributed by atoms with van der Waals surface area (Å²) < 4.78 is 0. The smallest absolute Gasteiger partial charge is 0.220 e. The van der Waals surface area contributed by atoms with Crippen molar-refractivity contribution in [1.82, 2.24) is 5.32 Å². The predicted octanol–water partition coefficient (Wildman–Crippen LogP) is 17.8. The molecule has 0 radical (unpaired) electrons. The minimum atomic E-state index is -0.838. The topological polar surface area (TPSA) is 69.6 Å². The molecule has 0 bridgehead atoms. The van der Waals surface area contributed by atoms with Crippen molar-refractivity contribution in [3.63, 3.8) is 0 Å². The van der Waals surface area contributed by atoms with Crippen LogP contribution in [0.3, 0.4) is 0 Å². The molecule has 0 aromatic carbocycles. The molecule has 2 unspecified atom stereocenters. The lowest BCUT2D eigenvalue weighted by atomic mass is 10.0. The normalized spacial score (nSPS) is 13.4. The van der Waals surface area contributed by atoms with Crippen molar-refractivity contribution in [3.05, 3.63) is 72.9 Å². The van der Waals surface area contributed by atoms with Crippen molar-refractivity contribution >= 4 is 5.91 Å². The Bertz CT molecular complexity index is 1070. The van der Waals surface area contributed by atoms with Gasteiger partial charge in [-0.2, -0.15) is 0 Å². The molecule has 360 valence electrons. The maximum absolute atomic E-state index is 12.4. The van der Waals surface area contributed by atoms with Gasteiger partial charge in [-0.1, -0.05) is 273 Å². The summed E-state index contributed by atoms with van der Waals surface area (Å²) in [5, 5.41) is 23.1. The summed E-state index contributed by atoms with van der Waals surface area (Å²) in [4.78, 5) is 12.4. The van der Waals surface area contributed by atoms with E-state index in [1.54, 1.807) is 6.08 Å². The molecular formula is C58H105NO3. The molecule has 4 heteroatoms. The van der Waals surface area contributed by atoms with Crippen LogP contribution >= 0.6 is 0 Å². The molecule has 0 saturated heterocycles. The second-order valence-electron chi connectivity index (χ2n) is 18.3. The van der Waals surface area contributed by atoms with Gasteiger partial charge in [-0.25, -0.2) is 0 Å². The van der Waals surface area contributed by atoms with Gasteiger partial charge in [0.05, 0.1) is 18.8 Å². The van der Waals surface area contributed by atoms with Gasteiger partial charge in [0.2, 0.25) is 5.91 Å². The average molecular weight is 864 g/mol. The van der Waals surface area contributed by atoms with Crippen LogP contribution in [-0.2, 0) is 4.79 Å². The second-order valence-corrected chi connectivity index (χ2v) is 18.3. The van der Waals surface area contributed by atoms with Crippen molar-refractivity contribution in [2.24, 2.45) is 0 Å². The first-order valence-corrected chi connectivity index (χ1v) is 27.2. The number of carbonyl (C=O) groups excluding carboxylic acids is 1. The lowest BCUT2D eigenvalue weighted by Gasteiger charge is -2.20. The number of aliphatic hydroxyl groups excluding tert-OH is 2. The Morgan fingerprint density at radius 3 is 1.06 bits per heavy atom. The third-order valence-corrected chi connectivity index (χ3v) is 12.2. The van der Waals surface area contributed by atoms with E-state index in [1.165, 1.54) is 193 Å². The van der Waals surface area contributed by atoms with E-state index in [1.807, 2.05) is 6.08 Å². The van der Waals surface area contributed by atoms with E-state index in [9.17, 15) is 15.0 Å². The largest absolute Gasteiger partial charge is 0.394 e. The molecule has 3 N–H and O–H groups in total. The van der Waals surface area contributed by atoms with Crippen molar-refractivity contribution in [2.45, 2.75) is 283 Å². The second kappa shape index (κ2) is 53.2. The van der Waals surface area contributed by atoms with Crippen LogP contribution in [0.25, 0.3) is 0 Å². The molecular weight excluding hydrogens is 759 g/mol. The van der Waals surface area contributed by atoms with E-state index in [-0.39, 0.29) is 12.5 Å². The summed E-state index contributed by atoms with van der Waals surface area (Å²) in [7, 11) is 0. The molecule has 0 aliphatic rings. The molecule has 0 spiro atoms. The maximum atomic E-state index is 12.4. The highest BCUT2D eigenvalue weighted by atomic mass is 16.3. The molecule has 4 nitrogen and oxygen atoms in total. The molecule has 0 fully saturated rings. The van der Waals surface area contributed by atoms with Gasteiger partial charge in [0.15, 0.2) is 0 Å². The number of hydrogen-bond donors (Lipinski definition) is 3. The first kappa shape index (κ1) is 59.8. The maximum Gasteiger partial charge on any atom is 0.220 e.